The van der Waals surface area contributed by atoms with Crippen molar-refractivity contribution >= 4 is 11.6 Å². The van der Waals surface area contributed by atoms with Gasteiger partial charge in [-0.1, -0.05) is 35.9 Å². The summed E-state index contributed by atoms with van der Waals surface area (Å²) < 4.78 is 45.3. The predicted molar refractivity (Wildman–Crippen MR) is 98.0 cm³/mol. The second-order valence-corrected chi connectivity index (χ2v) is 7.20. The normalized spacial score (nSPS) is 12.4. The van der Waals surface area contributed by atoms with Gasteiger partial charge in [0.1, 0.15) is 11.3 Å². The predicted octanol–water partition coefficient (Wildman–Crippen LogP) is 5.87. The van der Waals surface area contributed by atoms with E-state index in [-0.39, 0.29) is 5.56 Å². The van der Waals surface area contributed by atoms with Crippen molar-refractivity contribution in [2.45, 2.75) is 32.5 Å². The summed E-state index contributed by atoms with van der Waals surface area (Å²) >= 11 is 5.89. The number of benzene rings is 2. The molecule has 27 heavy (non-hydrogen) atoms. The van der Waals surface area contributed by atoms with Gasteiger partial charge in [0.05, 0.1) is 11.1 Å². The van der Waals surface area contributed by atoms with Crippen LogP contribution < -0.4 is 5.56 Å². The van der Waals surface area contributed by atoms with Gasteiger partial charge >= 0.3 is 6.18 Å². The Morgan fingerprint density at radius 1 is 0.926 bits per heavy atom. The molecule has 0 radical (unpaired) electrons. The Morgan fingerprint density at radius 2 is 1.44 bits per heavy atom. The summed E-state index contributed by atoms with van der Waals surface area (Å²) in [4.78, 5) is 13.0. The second-order valence-electron chi connectivity index (χ2n) is 6.76. The molecule has 2 aromatic carbocycles. The van der Waals surface area contributed by atoms with E-state index in [0.29, 0.717) is 27.5 Å². The Labute approximate surface area is 159 Å². The van der Waals surface area contributed by atoms with Gasteiger partial charge in [0.25, 0.3) is 5.56 Å². The molecule has 0 N–H and O–H groups in total. The molecular weight excluding hydrogens is 379 g/mol. The fourth-order valence-electron chi connectivity index (χ4n) is 2.97. The zero-order valence-corrected chi connectivity index (χ0v) is 15.7. The third kappa shape index (κ3) is 3.54. The summed E-state index contributed by atoms with van der Waals surface area (Å²) in [5.74, 6) is 0.419. The van der Waals surface area contributed by atoms with Crippen molar-refractivity contribution in [3.8, 4) is 11.1 Å². The van der Waals surface area contributed by atoms with Crippen LogP contribution in [0.2, 0.25) is 5.02 Å². The first-order chi connectivity index (χ1) is 12.5. The summed E-state index contributed by atoms with van der Waals surface area (Å²) in [7, 11) is 0. The number of halogens is 4. The lowest BCUT2D eigenvalue weighted by Crippen LogP contribution is -2.35. The maximum Gasteiger partial charge on any atom is 0.416 e. The van der Waals surface area contributed by atoms with Gasteiger partial charge in [0, 0.05) is 5.02 Å². The van der Waals surface area contributed by atoms with E-state index >= 15 is 0 Å². The van der Waals surface area contributed by atoms with Crippen molar-refractivity contribution in [3.05, 3.63) is 80.8 Å². The summed E-state index contributed by atoms with van der Waals surface area (Å²) in [5.41, 5.74) is -0.503. The monoisotopic (exact) mass is 395 g/mol. The number of rotatable bonds is 3. The smallest absolute Gasteiger partial charge is 0.380 e. The average Bonchev–Trinajstić information content (AvgIpc) is 2.90. The largest absolute Gasteiger partial charge is 0.416 e. The molecule has 3 aromatic rings. The fraction of sp³-hybridized carbons (Fsp3) is 0.250. The molecule has 0 saturated heterocycles. The van der Waals surface area contributed by atoms with Crippen LogP contribution >= 0.6 is 11.6 Å². The van der Waals surface area contributed by atoms with Crippen LogP contribution in [0, 0.1) is 6.92 Å². The number of nitrogens with zero attached hydrogens (tertiary/aromatic N) is 1. The highest BCUT2D eigenvalue weighted by Gasteiger charge is 2.33. The van der Waals surface area contributed by atoms with E-state index in [1.54, 1.807) is 45.0 Å². The Bertz CT molecular complexity index is 1010. The van der Waals surface area contributed by atoms with Crippen molar-refractivity contribution < 1.29 is 17.7 Å². The Balaban J connectivity index is 2.06. The summed E-state index contributed by atoms with van der Waals surface area (Å²) in [6.07, 6.45) is -4.41. The topological polar surface area (TPSA) is 35.1 Å². The third-order valence-corrected chi connectivity index (χ3v) is 4.79. The molecule has 0 amide bonds. The number of hydrogen-bond acceptors (Lipinski definition) is 2. The molecular formula is C20H17ClF3NO2. The third-order valence-electron chi connectivity index (χ3n) is 4.54. The minimum absolute atomic E-state index is 0.361. The fourth-order valence-corrected chi connectivity index (χ4v) is 3.10. The highest BCUT2D eigenvalue weighted by atomic mass is 35.5. The van der Waals surface area contributed by atoms with E-state index in [4.69, 9.17) is 16.1 Å². The molecule has 1 heterocycles. The minimum atomic E-state index is -4.41. The van der Waals surface area contributed by atoms with E-state index in [9.17, 15) is 18.0 Å². The van der Waals surface area contributed by atoms with Gasteiger partial charge in [-0.3, -0.25) is 4.79 Å². The highest BCUT2D eigenvalue weighted by Crippen LogP contribution is 2.33. The van der Waals surface area contributed by atoms with Gasteiger partial charge in [-0.15, -0.1) is 0 Å². The van der Waals surface area contributed by atoms with Gasteiger partial charge in [0.2, 0.25) is 0 Å². The maximum atomic E-state index is 13.0. The molecule has 0 unspecified atom stereocenters. The van der Waals surface area contributed by atoms with Gasteiger partial charge < -0.3 is 4.52 Å². The van der Waals surface area contributed by atoms with E-state index in [1.807, 2.05) is 0 Å². The minimum Gasteiger partial charge on any atom is -0.380 e. The SMILES string of the molecule is Cc1on(C(C)(C)c2ccc(C(F)(F)F)cc2)c(=O)c1-c1ccc(Cl)cc1. The standard InChI is InChI=1S/C20H17ClF3NO2/c1-12-17(13-4-10-16(21)11-5-13)18(26)25(27-12)19(2,3)14-6-8-15(9-7-14)20(22,23)24/h4-11H,1-3H3. The first kappa shape index (κ1) is 19.3. The molecule has 0 aliphatic heterocycles. The van der Waals surface area contributed by atoms with Crippen LogP contribution in [0.1, 0.15) is 30.7 Å². The lowest BCUT2D eigenvalue weighted by molar-refractivity contribution is -0.137. The molecule has 0 fully saturated rings. The van der Waals surface area contributed by atoms with Gasteiger partial charge in [0.15, 0.2) is 0 Å². The van der Waals surface area contributed by atoms with Crippen LogP contribution in [-0.4, -0.2) is 4.74 Å². The van der Waals surface area contributed by atoms with Crippen molar-refractivity contribution in [2.75, 3.05) is 0 Å². The molecule has 142 valence electrons. The van der Waals surface area contributed by atoms with Crippen molar-refractivity contribution in [1.29, 1.82) is 0 Å². The summed E-state index contributed by atoms with van der Waals surface area (Å²) in [6.45, 7) is 5.10. The van der Waals surface area contributed by atoms with Crippen LogP contribution in [0.4, 0.5) is 13.2 Å². The van der Waals surface area contributed by atoms with Crippen LogP contribution in [0.15, 0.2) is 57.8 Å². The molecule has 0 aliphatic carbocycles. The molecule has 0 spiro atoms. The average molecular weight is 396 g/mol. The molecule has 3 rings (SSSR count). The van der Waals surface area contributed by atoms with Crippen LogP contribution in [0.5, 0.6) is 0 Å². The van der Waals surface area contributed by atoms with Gasteiger partial charge in [-0.05, 0) is 56.2 Å². The summed E-state index contributed by atoms with van der Waals surface area (Å²) in [5, 5.41) is 0.547. The van der Waals surface area contributed by atoms with Crippen LogP contribution in [0.3, 0.4) is 0 Å². The number of alkyl halides is 3. The number of aromatic nitrogens is 1. The van der Waals surface area contributed by atoms with E-state index in [2.05, 4.69) is 0 Å². The molecule has 0 atom stereocenters. The summed E-state index contributed by atoms with van der Waals surface area (Å²) in [6, 6.07) is 11.5. The zero-order valence-electron chi connectivity index (χ0n) is 14.9. The van der Waals surface area contributed by atoms with Gasteiger partial charge in [-0.25, -0.2) is 0 Å². The molecule has 0 saturated carbocycles. The van der Waals surface area contributed by atoms with Crippen molar-refractivity contribution in [1.82, 2.24) is 4.74 Å². The van der Waals surface area contributed by atoms with Crippen LogP contribution in [0.25, 0.3) is 11.1 Å². The molecule has 1 aromatic heterocycles. The molecule has 0 bridgehead atoms. The molecule has 0 aliphatic rings. The number of hydrogen-bond donors (Lipinski definition) is 0. The maximum absolute atomic E-state index is 13.0. The Hall–Kier alpha value is -2.47. The van der Waals surface area contributed by atoms with E-state index in [1.165, 1.54) is 16.9 Å². The van der Waals surface area contributed by atoms with E-state index in [0.717, 1.165) is 12.1 Å². The second kappa shape index (κ2) is 6.60. The van der Waals surface area contributed by atoms with E-state index < -0.39 is 17.3 Å². The lowest BCUT2D eigenvalue weighted by atomic mass is 9.93. The zero-order chi connectivity index (χ0) is 20.0. The Morgan fingerprint density at radius 3 is 1.96 bits per heavy atom. The van der Waals surface area contributed by atoms with Crippen molar-refractivity contribution in [2.24, 2.45) is 0 Å². The van der Waals surface area contributed by atoms with Crippen LogP contribution in [-0.2, 0) is 11.7 Å². The first-order valence-electron chi connectivity index (χ1n) is 8.19. The quantitative estimate of drug-likeness (QED) is 0.555. The Kier molecular flexibility index (Phi) is 4.72. The molecule has 7 heteroatoms. The number of aryl methyl sites for hydroxylation is 1. The van der Waals surface area contributed by atoms with Gasteiger partial charge in [-0.2, -0.15) is 17.9 Å². The highest BCUT2D eigenvalue weighted by molar-refractivity contribution is 6.30. The molecule has 3 nitrogen and oxygen atoms in total. The van der Waals surface area contributed by atoms with Crippen molar-refractivity contribution in [3.63, 3.8) is 0 Å². The first-order valence-corrected chi connectivity index (χ1v) is 8.56. The lowest BCUT2D eigenvalue weighted by Gasteiger charge is -2.24.